The topological polar surface area (TPSA) is 58.4 Å². The van der Waals surface area contributed by atoms with Gasteiger partial charge in [-0.15, -0.1) is 0 Å². The third-order valence-electron chi connectivity index (χ3n) is 4.50. The standard InChI is InChI=1S/C14H27N3O/c1-11-4-6-12(7-5-11)16-14(18)10-17-8-2-3-13(17)9-15/h11-13H,2-10,15H2,1H3,(H,16,18). The number of hydrogen-bond acceptors (Lipinski definition) is 3. The van der Waals surface area contributed by atoms with Crippen LogP contribution in [0.2, 0.25) is 0 Å². The second-order valence-corrected chi connectivity index (χ2v) is 6.03. The van der Waals surface area contributed by atoms with Crippen LogP contribution in [0.1, 0.15) is 45.4 Å². The minimum Gasteiger partial charge on any atom is -0.352 e. The summed E-state index contributed by atoms with van der Waals surface area (Å²) in [7, 11) is 0. The zero-order valence-corrected chi connectivity index (χ0v) is 11.5. The van der Waals surface area contributed by atoms with Crippen LogP contribution in [0.15, 0.2) is 0 Å². The van der Waals surface area contributed by atoms with E-state index in [-0.39, 0.29) is 5.91 Å². The molecule has 1 saturated heterocycles. The van der Waals surface area contributed by atoms with Crippen LogP contribution in [-0.4, -0.2) is 42.5 Å². The highest BCUT2D eigenvalue weighted by Crippen LogP contribution is 2.23. The summed E-state index contributed by atoms with van der Waals surface area (Å²) in [6.45, 7) is 4.53. The number of nitrogens with zero attached hydrogens (tertiary/aromatic N) is 1. The molecule has 104 valence electrons. The Kier molecular flexibility index (Phi) is 5.01. The van der Waals surface area contributed by atoms with Gasteiger partial charge in [-0.3, -0.25) is 9.69 Å². The smallest absolute Gasteiger partial charge is 0.234 e. The quantitative estimate of drug-likeness (QED) is 0.789. The van der Waals surface area contributed by atoms with E-state index in [0.717, 1.165) is 31.7 Å². The van der Waals surface area contributed by atoms with E-state index in [1.807, 2.05) is 0 Å². The highest BCUT2D eigenvalue weighted by atomic mass is 16.2. The minimum atomic E-state index is 0.190. The van der Waals surface area contributed by atoms with Gasteiger partial charge in [0.15, 0.2) is 0 Å². The molecule has 1 heterocycles. The van der Waals surface area contributed by atoms with Crippen LogP contribution in [0.4, 0.5) is 0 Å². The Morgan fingerprint density at radius 3 is 2.67 bits per heavy atom. The van der Waals surface area contributed by atoms with Crippen molar-refractivity contribution in [2.75, 3.05) is 19.6 Å². The number of nitrogens with one attached hydrogen (secondary N) is 1. The van der Waals surface area contributed by atoms with Crippen LogP contribution in [-0.2, 0) is 4.79 Å². The van der Waals surface area contributed by atoms with Crippen molar-refractivity contribution in [2.45, 2.75) is 57.5 Å². The van der Waals surface area contributed by atoms with E-state index in [2.05, 4.69) is 17.1 Å². The highest BCUT2D eigenvalue weighted by Gasteiger charge is 2.26. The second-order valence-electron chi connectivity index (χ2n) is 6.03. The van der Waals surface area contributed by atoms with Crippen molar-refractivity contribution in [2.24, 2.45) is 11.7 Å². The van der Waals surface area contributed by atoms with Crippen molar-refractivity contribution < 1.29 is 4.79 Å². The first kappa shape index (κ1) is 13.8. The molecule has 2 aliphatic rings. The van der Waals surface area contributed by atoms with Gasteiger partial charge in [-0.05, 0) is 51.0 Å². The molecule has 0 bridgehead atoms. The monoisotopic (exact) mass is 253 g/mol. The lowest BCUT2D eigenvalue weighted by Crippen LogP contribution is -2.46. The molecule has 1 saturated carbocycles. The van der Waals surface area contributed by atoms with Gasteiger partial charge in [0.2, 0.25) is 5.91 Å². The van der Waals surface area contributed by atoms with Gasteiger partial charge in [0.05, 0.1) is 6.54 Å². The fraction of sp³-hybridized carbons (Fsp3) is 0.929. The molecule has 4 nitrogen and oxygen atoms in total. The summed E-state index contributed by atoms with van der Waals surface area (Å²) < 4.78 is 0. The van der Waals surface area contributed by atoms with Crippen molar-refractivity contribution in [3.8, 4) is 0 Å². The van der Waals surface area contributed by atoms with E-state index in [9.17, 15) is 4.79 Å². The SMILES string of the molecule is CC1CCC(NC(=O)CN2CCCC2CN)CC1. The molecule has 4 heteroatoms. The van der Waals surface area contributed by atoms with Gasteiger partial charge < -0.3 is 11.1 Å². The zero-order valence-electron chi connectivity index (χ0n) is 11.5. The van der Waals surface area contributed by atoms with Crippen molar-refractivity contribution in [3.05, 3.63) is 0 Å². The summed E-state index contributed by atoms with van der Waals surface area (Å²) in [5.74, 6) is 1.02. The van der Waals surface area contributed by atoms with Crippen LogP contribution in [0.25, 0.3) is 0 Å². The van der Waals surface area contributed by atoms with Gasteiger partial charge in [-0.1, -0.05) is 6.92 Å². The van der Waals surface area contributed by atoms with Gasteiger partial charge in [-0.2, -0.15) is 0 Å². The first-order valence-corrected chi connectivity index (χ1v) is 7.42. The Labute approximate surface area is 110 Å². The fourth-order valence-corrected chi connectivity index (χ4v) is 3.23. The third kappa shape index (κ3) is 3.69. The van der Waals surface area contributed by atoms with Crippen LogP contribution in [0, 0.1) is 5.92 Å². The molecular formula is C14H27N3O. The normalized spacial score (nSPS) is 33.6. The lowest BCUT2D eigenvalue weighted by atomic mass is 9.87. The summed E-state index contributed by atoms with van der Waals surface area (Å²) in [5, 5.41) is 3.19. The summed E-state index contributed by atoms with van der Waals surface area (Å²) >= 11 is 0. The van der Waals surface area contributed by atoms with Gasteiger partial charge in [0, 0.05) is 18.6 Å². The predicted molar refractivity (Wildman–Crippen MR) is 73.2 cm³/mol. The molecule has 1 aliphatic heterocycles. The average Bonchev–Trinajstić information content (AvgIpc) is 2.79. The molecule has 0 radical (unpaired) electrons. The Hall–Kier alpha value is -0.610. The van der Waals surface area contributed by atoms with Crippen molar-refractivity contribution in [1.82, 2.24) is 10.2 Å². The summed E-state index contributed by atoms with van der Waals surface area (Å²) in [6.07, 6.45) is 7.11. The number of hydrogen-bond donors (Lipinski definition) is 2. The molecule has 0 aromatic rings. The number of amides is 1. The number of nitrogens with two attached hydrogens (primary N) is 1. The zero-order chi connectivity index (χ0) is 13.0. The maximum absolute atomic E-state index is 12.0. The summed E-state index contributed by atoms with van der Waals surface area (Å²) in [6, 6.07) is 0.828. The van der Waals surface area contributed by atoms with E-state index in [1.54, 1.807) is 0 Å². The Bertz CT molecular complexity index is 274. The van der Waals surface area contributed by atoms with E-state index in [0.29, 0.717) is 25.2 Å². The van der Waals surface area contributed by atoms with Gasteiger partial charge >= 0.3 is 0 Å². The molecule has 1 unspecified atom stereocenters. The largest absolute Gasteiger partial charge is 0.352 e. The molecule has 2 fully saturated rings. The van der Waals surface area contributed by atoms with Crippen molar-refractivity contribution in [1.29, 1.82) is 0 Å². The van der Waals surface area contributed by atoms with E-state index < -0.39 is 0 Å². The molecular weight excluding hydrogens is 226 g/mol. The molecule has 3 N–H and O–H groups in total. The van der Waals surface area contributed by atoms with Crippen LogP contribution in [0.5, 0.6) is 0 Å². The first-order valence-electron chi connectivity index (χ1n) is 7.42. The minimum absolute atomic E-state index is 0.190. The lowest BCUT2D eigenvalue weighted by molar-refractivity contribution is -0.123. The summed E-state index contributed by atoms with van der Waals surface area (Å²) in [5.41, 5.74) is 5.73. The van der Waals surface area contributed by atoms with E-state index in [1.165, 1.54) is 19.3 Å². The number of carbonyl (C=O) groups excluding carboxylic acids is 1. The van der Waals surface area contributed by atoms with Crippen LogP contribution >= 0.6 is 0 Å². The molecule has 1 atom stereocenters. The Morgan fingerprint density at radius 1 is 1.28 bits per heavy atom. The highest BCUT2D eigenvalue weighted by molar-refractivity contribution is 5.78. The molecule has 0 aromatic carbocycles. The average molecular weight is 253 g/mol. The number of carbonyl (C=O) groups is 1. The van der Waals surface area contributed by atoms with Gasteiger partial charge in [0.25, 0.3) is 0 Å². The number of likely N-dealkylation sites (tertiary alicyclic amines) is 1. The first-order chi connectivity index (χ1) is 8.69. The second kappa shape index (κ2) is 6.53. The third-order valence-corrected chi connectivity index (χ3v) is 4.50. The van der Waals surface area contributed by atoms with Crippen molar-refractivity contribution in [3.63, 3.8) is 0 Å². The van der Waals surface area contributed by atoms with E-state index >= 15 is 0 Å². The van der Waals surface area contributed by atoms with Crippen molar-refractivity contribution >= 4 is 5.91 Å². The fourth-order valence-electron chi connectivity index (χ4n) is 3.23. The molecule has 18 heavy (non-hydrogen) atoms. The molecule has 1 aliphatic carbocycles. The van der Waals surface area contributed by atoms with Crippen LogP contribution in [0.3, 0.4) is 0 Å². The molecule has 1 amide bonds. The maximum Gasteiger partial charge on any atom is 0.234 e. The van der Waals surface area contributed by atoms with Crippen LogP contribution < -0.4 is 11.1 Å². The Morgan fingerprint density at radius 2 is 2.00 bits per heavy atom. The lowest BCUT2D eigenvalue weighted by Gasteiger charge is -2.28. The molecule has 0 aromatic heterocycles. The van der Waals surface area contributed by atoms with E-state index in [4.69, 9.17) is 5.73 Å². The Balaban J connectivity index is 1.71. The number of rotatable bonds is 4. The molecule has 2 rings (SSSR count). The molecule has 0 spiro atoms. The van der Waals surface area contributed by atoms with Gasteiger partial charge in [-0.25, -0.2) is 0 Å². The maximum atomic E-state index is 12.0. The predicted octanol–water partition coefficient (Wildman–Crippen LogP) is 1.10. The summed E-state index contributed by atoms with van der Waals surface area (Å²) in [4.78, 5) is 14.3. The van der Waals surface area contributed by atoms with Gasteiger partial charge in [0.1, 0.15) is 0 Å².